The van der Waals surface area contributed by atoms with Crippen molar-refractivity contribution < 1.29 is 9.18 Å². The number of thioether (sulfide) groups is 1. The van der Waals surface area contributed by atoms with Crippen LogP contribution in [0.15, 0.2) is 18.2 Å². The molecule has 4 nitrogen and oxygen atoms in total. The lowest BCUT2D eigenvalue weighted by Gasteiger charge is -2.34. The summed E-state index contributed by atoms with van der Waals surface area (Å²) in [7, 11) is 0. The SMILES string of the molecule is CC1CN(Cc2cc(C(=O)NN)ccc2F)CC(C)S1. The Morgan fingerprint density at radius 2 is 2.10 bits per heavy atom. The zero-order chi connectivity index (χ0) is 14.7. The highest BCUT2D eigenvalue weighted by molar-refractivity contribution is 8.00. The molecule has 110 valence electrons. The number of nitrogens with one attached hydrogen (secondary N) is 1. The fraction of sp³-hybridized carbons (Fsp3) is 0.500. The van der Waals surface area contributed by atoms with Gasteiger partial charge in [-0.05, 0) is 18.2 Å². The quantitative estimate of drug-likeness (QED) is 0.507. The molecule has 1 saturated heterocycles. The molecule has 0 bridgehead atoms. The summed E-state index contributed by atoms with van der Waals surface area (Å²) in [5.74, 6) is 4.43. The molecule has 1 aromatic rings. The number of nitrogen functional groups attached to an aromatic ring is 1. The van der Waals surface area contributed by atoms with Crippen LogP contribution in [0.2, 0.25) is 0 Å². The summed E-state index contributed by atoms with van der Waals surface area (Å²) in [6.07, 6.45) is 0. The molecule has 2 rings (SSSR count). The normalized spacial score (nSPS) is 23.6. The number of halogens is 1. The van der Waals surface area contributed by atoms with Crippen molar-refractivity contribution in [2.24, 2.45) is 5.84 Å². The molecule has 3 N–H and O–H groups in total. The second-order valence-electron chi connectivity index (χ2n) is 5.23. The summed E-state index contributed by atoms with van der Waals surface area (Å²) in [4.78, 5) is 13.7. The Morgan fingerprint density at radius 1 is 1.45 bits per heavy atom. The van der Waals surface area contributed by atoms with Gasteiger partial charge in [-0.3, -0.25) is 15.1 Å². The molecule has 2 atom stereocenters. The van der Waals surface area contributed by atoms with E-state index in [9.17, 15) is 9.18 Å². The summed E-state index contributed by atoms with van der Waals surface area (Å²) >= 11 is 1.96. The molecule has 0 aromatic heterocycles. The lowest BCUT2D eigenvalue weighted by molar-refractivity contribution is 0.0953. The highest BCUT2D eigenvalue weighted by Crippen LogP contribution is 2.26. The van der Waals surface area contributed by atoms with E-state index in [1.165, 1.54) is 12.1 Å². The molecule has 1 aliphatic heterocycles. The fourth-order valence-corrected chi connectivity index (χ4v) is 3.96. The molecule has 0 aliphatic carbocycles. The number of nitrogens with two attached hydrogens (primary N) is 1. The summed E-state index contributed by atoms with van der Waals surface area (Å²) in [6.45, 7) is 6.75. The molecule has 20 heavy (non-hydrogen) atoms. The molecule has 1 aromatic carbocycles. The Labute approximate surface area is 122 Å². The molecule has 1 heterocycles. The Hall–Kier alpha value is -1.11. The molecule has 0 radical (unpaired) electrons. The van der Waals surface area contributed by atoms with E-state index < -0.39 is 5.91 Å². The van der Waals surface area contributed by atoms with Crippen molar-refractivity contribution in [1.82, 2.24) is 10.3 Å². The Morgan fingerprint density at radius 3 is 2.70 bits per heavy atom. The molecular formula is C14H20FN3OS. The van der Waals surface area contributed by atoms with Crippen LogP contribution in [0.3, 0.4) is 0 Å². The largest absolute Gasteiger partial charge is 0.297 e. The number of nitrogens with zero attached hydrogens (tertiary/aromatic N) is 1. The smallest absolute Gasteiger partial charge is 0.265 e. The zero-order valence-electron chi connectivity index (χ0n) is 11.7. The lowest BCUT2D eigenvalue weighted by atomic mass is 10.1. The number of hydrogen-bond acceptors (Lipinski definition) is 4. The van der Waals surface area contributed by atoms with Gasteiger partial charge in [-0.15, -0.1) is 0 Å². The van der Waals surface area contributed by atoms with Crippen molar-refractivity contribution in [2.75, 3.05) is 13.1 Å². The number of carbonyl (C=O) groups is 1. The van der Waals surface area contributed by atoms with Crippen molar-refractivity contribution in [3.63, 3.8) is 0 Å². The topological polar surface area (TPSA) is 58.4 Å². The zero-order valence-corrected chi connectivity index (χ0v) is 12.5. The van der Waals surface area contributed by atoms with E-state index in [0.717, 1.165) is 13.1 Å². The molecule has 0 saturated carbocycles. The fourth-order valence-electron chi connectivity index (χ4n) is 2.57. The number of carbonyl (C=O) groups excluding carboxylic acids is 1. The van der Waals surface area contributed by atoms with Gasteiger partial charge in [0.1, 0.15) is 5.82 Å². The molecular weight excluding hydrogens is 277 g/mol. The standard InChI is InChI=1S/C14H20FN3OS/c1-9-6-18(7-10(2)20-9)8-12-5-11(14(19)17-16)3-4-13(12)15/h3-5,9-10H,6-8,16H2,1-2H3,(H,17,19). The van der Waals surface area contributed by atoms with Crippen molar-refractivity contribution >= 4 is 17.7 Å². The van der Waals surface area contributed by atoms with Crippen molar-refractivity contribution in [1.29, 1.82) is 0 Å². The van der Waals surface area contributed by atoms with E-state index in [1.807, 2.05) is 11.8 Å². The van der Waals surface area contributed by atoms with E-state index in [4.69, 9.17) is 5.84 Å². The van der Waals surface area contributed by atoms with Gasteiger partial charge < -0.3 is 0 Å². The summed E-state index contributed by atoms with van der Waals surface area (Å²) in [5, 5.41) is 1.08. The van der Waals surface area contributed by atoms with Crippen LogP contribution in [-0.4, -0.2) is 34.4 Å². The van der Waals surface area contributed by atoms with E-state index in [1.54, 1.807) is 6.07 Å². The van der Waals surface area contributed by atoms with Gasteiger partial charge in [-0.2, -0.15) is 11.8 Å². The molecule has 1 amide bonds. The molecule has 2 unspecified atom stereocenters. The van der Waals surface area contributed by atoms with E-state index in [0.29, 0.717) is 28.2 Å². The summed E-state index contributed by atoms with van der Waals surface area (Å²) < 4.78 is 13.9. The first-order valence-electron chi connectivity index (χ1n) is 6.66. The third-order valence-electron chi connectivity index (χ3n) is 3.33. The van der Waals surface area contributed by atoms with Crippen LogP contribution in [0.1, 0.15) is 29.8 Å². The van der Waals surface area contributed by atoms with Crippen LogP contribution < -0.4 is 11.3 Å². The third-order valence-corrected chi connectivity index (χ3v) is 4.56. The minimum atomic E-state index is -0.401. The predicted molar refractivity (Wildman–Crippen MR) is 79.8 cm³/mol. The van der Waals surface area contributed by atoms with Crippen LogP contribution in [0.4, 0.5) is 4.39 Å². The second kappa shape index (κ2) is 6.56. The minimum absolute atomic E-state index is 0.280. The van der Waals surface area contributed by atoms with Gasteiger partial charge in [0.2, 0.25) is 0 Å². The maximum atomic E-state index is 13.9. The first kappa shape index (κ1) is 15.3. The average molecular weight is 297 g/mol. The predicted octanol–water partition coefficient (Wildman–Crippen LogP) is 1.75. The highest BCUT2D eigenvalue weighted by atomic mass is 32.2. The van der Waals surface area contributed by atoms with Crippen LogP contribution in [-0.2, 0) is 6.54 Å². The van der Waals surface area contributed by atoms with Gasteiger partial charge in [-0.1, -0.05) is 13.8 Å². The van der Waals surface area contributed by atoms with Crippen LogP contribution in [0, 0.1) is 5.82 Å². The number of hydrogen-bond donors (Lipinski definition) is 2. The van der Waals surface area contributed by atoms with E-state index >= 15 is 0 Å². The number of amides is 1. The van der Waals surface area contributed by atoms with Gasteiger partial charge >= 0.3 is 0 Å². The average Bonchev–Trinajstić information content (AvgIpc) is 2.39. The number of rotatable bonds is 3. The van der Waals surface area contributed by atoms with Gasteiger partial charge in [0.05, 0.1) is 0 Å². The monoisotopic (exact) mass is 297 g/mol. The van der Waals surface area contributed by atoms with Crippen LogP contribution >= 0.6 is 11.8 Å². The lowest BCUT2D eigenvalue weighted by Crippen LogP contribution is -2.40. The van der Waals surface area contributed by atoms with Gasteiger partial charge in [-0.25, -0.2) is 10.2 Å². The number of benzene rings is 1. The Bertz CT molecular complexity index is 487. The van der Waals surface area contributed by atoms with Crippen LogP contribution in [0.25, 0.3) is 0 Å². The maximum Gasteiger partial charge on any atom is 0.265 e. The van der Waals surface area contributed by atoms with Crippen molar-refractivity contribution in [2.45, 2.75) is 30.9 Å². The summed E-state index contributed by atoms with van der Waals surface area (Å²) in [5.41, 5.74) is 2.99. The molecule has 1 fully saturated rings. The third kappa shape index (κ3) is 3.71. The summed E-state index contributed by atoms with van der Waals surface area (Å²) in [6, 6.07) is 4.35. The Kier molecular flexibility index (Phi) is 5.01. The Balaban J connectivity index is 2.13. The highest BCUT2D eigenvalue weighted by Gasteiger charge is 2.23. The second-order valence-corrected chi connectivity index (χ2v) is 7.11. The van der Waals surface area contributed by atoms with E-state index in [2.05, 4.69) is 24.2 Å². The van der Waals surface area contributed by atoms with Crippen molar-refractivity contribution in [3.05, 3.63) is 35.1 Å². The van der Waals surface area contributed by atoms with Crippen LogP contribution in [0.5, 0.6) is 0 Å². The van der Waals surface area contributed by atoms with Gasteiger partial charge in [0.25, 0.3) is 5.91 Å². The molecule has 6 heteroatoms. The van der Waals surface area contributed by atoms with E-state index in [-0.39, 0.29) is 5.82 Å². The minimum Gasteiger partial charge on any atom is -0.297 e. The van der Waals surface area contributed by atoms with Crippen molar-refractivity contribution in [3.8, 4) is 0 Å². The first-order valence-corrected chi connectivity index (χ1v) is 7.61. The van der Waals surface area contributed by atoms with Gasteiger partial charge in [0, 0.05) is 41.3 Å². The first-order chi connectivity index (χ1) is 9.49. The maximum absolute atomic E-state index is 13.9. The molecule has 0 spiro atoms. The molecule has 1 aliphatic rings. The number of hydrazine groups is 1. The van der Waals surface area contributed by atoms with Gasteiger partial charge in [0.15, 0.2) is 0 Å².